The number of hydrogen-bond acceptors (Lipinski definition) is 1. The topological polar surface area (TPSA) is 3.24 Å². The van der Waals surface area contributed by atoms with E-state index in [0.717, 1.165) is 17.1 Å². The molecule has 0 aromatic heterocycles. The van der Waals surface area contributed by atoms with Gasteiger partial charge in [-0.15, -0.1) is 0 Å². The zero-order chi connectivity index (χ0) is 34.6. The fourth-order valence-corrected chi connectivity index (χ4v) is 7.07. The van der Waals surface area contributed by atoms with Gasteiger partial charge in [0, 0.05) is 17.1 Å². The van der Waals surface area contributed by atoms with Crippen molar-refractivity contribution in [3.63, 3.8) is 0 Å². The lowest BCUT2D eigenvalue weighted by Gasteiger charge is -2.26. The van der Waals surface area contributed by atoms with Crippen LogP contribution >= 0.6 is 0 Å². The Bertz CT molecular complexity index is 2380. The highest BCUT2D eigenvalue weighted by Gasteiger charge is 2.15. The molecule has 0 amide bonds. The lowest BCUT2D eigenvalue weighted by molar-refractivity contribution is 1.28. The van der Waals surface area contributed by atoms with E-state index in [9.17, 15) is 0 Å². The molecule has 1 heteroatoms. The van der Waals surface area contributed by atoms with Crippen molar-refractivity contribution >= 4 is 17.1 Å². The minimum absolute atomic E-state index is 1.12. The van der Waals surface area contributed by atoms with Gasteiger partial charge >= 0.3 is 0 Å². The molecule has 0 bridgehead atoms. The number of hydrogen-bond donors (Lipinski definition) is 0. The Balaban J connectivity index is 1.11. The van der Waals surface area contributed by atoms with Gasteiger partial charge in [-0.25, -0.2) is 0 Å². The molecule has 0 radical (unpaired) electrons. The van der Waals surface area contributed by atoms with Crippen LogP contribution in [0.5, 0.6) is 0 Å². The number of para-hydroxylation sites is 1. The zero-order valence-corrected chi connectivity index (χ0v) is 29.0. The van der Waals surface area contributed by atoms with E-state index >= 15 is 0 Å². The summed E-state index contributed by atoms with van der Waals surface area (Å²) in [5, 5.41) is 0. The van der Waals surface area contributed by atoms with Crippen LogP contribution in [0.2, 0.25) is 0 Å². The van der Waals surface area contributed by atoms with Crippen LogP contribution in [-0.2, 0) is 0 Å². The molecule has 1 nitrogen and oxygen atoms in total. The molecule has 0 fully saturated rings. The smallest absolute Gasteiger partial charge is 0.0462 e. The second-order valence-electron chi connectivity index (χ2n) is 13.1. The summed E-state index contributed by atoms with van der Waals surface area (Å²) >= 11 is 0. The van der Waals surface area contributed by atoms with E-state index in [-0.39, 0.29) is 0 Å². The predicted octanol–water partition coefficient (Wildman–Crippen LogP) is 14.1. The Kier molecular flexibility index (Phi) is 8.85. The van der Waals surface area contributed by atoms with E-state index in [2.05, 4.69) is 219 Å². The average molecular weight is 654 g/mol. The van der Waals surface area contributed by atoms with Crippen molar-refractivity contribution in [2.24, 2.45) is 0 Å². The first-order chi connectivity index (χ1) is 25.1. The molecule has 0 saturated heterocycles. The third kappa shape index (κ3) is 6.63. The molecule has 0 aliphatic rings. The summed E-state index contributed by atoms with van der Waals surface area (Å²) in [4.78, 5) is 2.31. The first-order valence-electron chi connectivity index (χ1n) is 17.6. The van der Waals surface area contributed by atoms with Gasteiger partial charge in [0.1, 0.15) is 0 Å². The number of nitrogens with zero attached hydrogens (tertiary/aromatic N) is 1. The molecule has 0 N–H and O–H groups in total. The van der Waals surface area contributed by atoms with Gasteiger partial charge in [-0.3, -0.25) is 0 Å². The maximum Gasteiger partial charge on any atom is 0.0462 e. The molecule has 0 spiro atoms. The van der Waals surface area contributed by atoms with E-state index in [0.29, 0.717) is 0 Å². The normalized spacial score (nSPS) is 10.9. The second-order valence-corrected chi connectivity index (χ2v) is 13.1. The summed E-state index contributed by atoms with van der Waals surface area (Å²) in [6.07, 6.45) is 0. The molecule has 8 aromatic rings. The maximum atomic E-state index is 2.36. The van der Waals surface area contributed by atoms with Gasteiger partial charge in [0.15, 0.2) is 0 Å². The summed E-state index contributed by atoms with van der Waals surface area (Å²) in [5.41, 5.74) is 18.2. The minimum atomic E-state index is 1.12. The predicted molar refractivity (Wildman–Crippen MR) is 218 cm³/mol. The molecule has 0 saturated carbocycles. The first kappa shape index (κ1) is 31.8. The van der Waals surface area contributed by atoms with Crippen molar-refractivity contribution in [2.45, 2.75) is 13.8 Å². The van der Waals surface area contributed by atoms with Crippen molar-refractivity contribution in [3.05, 3.63) is 211 Å². The van der Waals surface area contributed by atoms with Crippen LogP contribution in [0.1, 0.15) is 11.1 Å². The molecule has 8 aromatic carbocycles. The SMILES string of the molecule is Cc1ccccc1-c1cc(-c2ccc(-c3ccc(N(c4ccccc4)c4ccc(-c5ccccc5)cc4)cc3)cc2)cc(-c2ccccc2)c1C. The largest absolute Gasteiger partial charge is 0.311 e. The standard InChI is InChI=1S/C50H39N/c1-36-14-12-13-21-48(36)50-35-44(34-49(37(50)2)43-17-8-4-9-18-43)42-24-22-39(23-25-42)41-28-32-47(33-29-41)51(45-19-10-5-11-20-45)46-30-26-40(27-31-46)38-15-6-3-7-16-38/h3-35H,1-2H3. The van der Waals surface area contributed by atoms with E-state index in [1.165, 1.54) is 66.8 Å². The van der Waals surface area contributed by atoms with Crippen LogP contribution in [0.4, 0.5) is 17.1 Å². The van der Waals surface area contributed by atoms with Crippen molar-refractivity contribution in [2.75, 3.05) is 4.90 Å². The molecule has 0 atom stereocenters. The molecule has 244 valence electrons. The Morgan fingerprint density at radius 3 is 1.18 bits per heavy atom. The average Bonchev–Trinajstić information content (AvgIpc) is 3.20. The molecule has 8 rings (SSSR count). The van der Waals surface area contributed by atoms with Gasteiger partial charge in [-0.05, 0) is 129 Å². The van der Waals surface area contributed by atoms with Crippen molar-refractivity contribution in [3.8, 4) is 55.6 Å². The Hall–Kier alpha value is -6.44. The minimum Gasteiger partial charge on any atom is -0.311 e. The maximum absolute atomic E-state index is 2.36. The Morgan fingerprint density at radius 2 is 0.647 bits per heavy atom. The number of rotatable bonds is 8. The molecular weight excluding hydrogens is 615 g/mol. The highest BCUT2D eigenvalue weighted by molar-refractivity contribution is 5.86. The molecule has 0 aliphatic heterocycles. The van der Waals surface area contributed by atoms with Gasteiger partial charge in [0.25, 0.3) is 0 Å². The van der Waals surface area contributed by atoms with Crippen LogP contribution in [-0.4, -0.2) is 0 Å². The Morgan fingerprint density at radius 1 is 0.275 bits per heavy atom. The van der Waals surface area contributed by atoms with E-state index < -0.39 is 0 Å². The van der Waals surface area contributed by atoms with Crippen molar-refractivity contribution in [1.82, 2.24) is 0 Å². The van der Waals surface area contributed by atoms with Gasteiger partial charge in [0.2, 0.25) is 0 Å². The lowest BCUT2D eigenvalue weighted by Crippen LogP contribution is -2.09. The molecular formula is C50H39N. The third-order valence-corrected chi connectivity index (χ3v) is 9.85. The van der Waals surface area contributed by atoms with Gasteiger partial charge in [-0.1, -0.05) is 152 Å². The quantitative estimate of drug-likeness (QED) is 0.158. The van der Waals surface area contributed by atoms with Crippen LogP contribution in [0.3, 0.4) is 0 Å². The van der Waals surface area contributed by atoms with Gasteiger partial charge < -0.3 is 4.90 Å². The zero-order valence-electron chi connectivity index (χ0n) is 29.0. The fraction of sp³-hybridized carbons (Fsp3) is 0.0400. The summed E-state index contributed by atoms with van der Waals surface area (Å²) in [7, 11) is 0. The number of aryl methyl sites for hydroxylation is 1. The highest BCUT2D eigenvalue weighted by Crippen LogP contribution is 2.39. The Labute approximate surface area is 301 Å². The van der Waals surface area contributed by atoms with Crippen LogP contribution in [0.25, 0.3) is 55.6 Å². The molecule has 0 unspecified atom stereocenters. The molecule has 0 heterocycles. The van der Waals surface area contributed by atoms with Crippen LogP contribution in [0.15, 0.2) is 200 Å². The van der Waals surface area contributed by atoms with E-state index in [1.807, 2.05) is 0 Å². The van der Waals surface area contributed by atoms with Crippen molar-refractivity contribution < 1.29 is 0 Å². The van der Waals surface area contributed by atoms with Crippen LogP contribution < -0.4 is 4.90 Å². The van der Waals surface area contributed by atoms with E-state index in [4.69, 9.17) is 0 Å². The van der Waals surface area contributed by atoms with Crippen LogP contribution in [0, 0.1) is 13.8 Å². The highest BCUT2D eigenvalue weighted by atomic mass is 15.1. The number of anilines is 3. The monoisotopic (exact) mass is 653 g/mol. The van der Waals surface area contributed by atoms with Gasteiger partial charge in [0.05, 0.1) is 0 Å². The number of benzene rings is 8. The first-order valence-corrected chi connectivity index (χ1v) is 17.6. The van der Waals surface area contributed by atoms with Crippen molar-refractivity contribution in [1.29, 1.82) is 0 Å². The molecule has 0 aliphatic carbocycles. The van der Waals surface area contributed by atoms with Gasteiger partial charge in [-0.2, -0.15) is 0 Å². The molecule has 51 heavy (non-hydrogen) atoms. The third-order valence-electron chi connectivity index (χ3n) is 9.85. The van der Waals surface area contributed by atoms with E-state index in [1.54, 1.807) is 0 Å². The lowest BCUT2D eigenvalue weighted by atomic mass is 9.87. The fourth-order valence-electron chi connectivity index (χ4n) is 7.07. The summed E-state index contributed by atoms with van der Waals surface area (Å²) < 4.78 is 0. The summed E-state index contributed by atoms with van der Waals surface area (Å²) in [6.45, 7) is 4.45. The summed E-state index contributed by atoms with van der Waals surface area (Å²) in [6, 6.07) is 72.0. The second kappa shape index (κ2) is 14.2. The summed E-state index contributed by atoms with van der Waals surface area (Å²) in [5.74, 6) is 0.